The lowest BCUT2D eigenvalue weighted by atomic mass is 10.1. The van der Waals surface area contributed by atoms with E-state index in [4.69, 9.17) is 5.11 Å². The van der Waals surface area contributed by atoms with Crippen molar-refractivity contribution in [2.45, 2.75) is 25.7 Å². The first-order valence-corrected chi connectivity index (χ1v) is 7.46. The fourth-order valence-corrected chi connectivity index (χ4v) is 3.51. The quantitative estimate of drug-likeness (QED) is 0.633. The number of nitrogens with one attached hydrogen (secondary N) is 1. The van der Waals surface area contributed by atoms with Gasteiger partial charge in [-0.05, 0) is 25.7 Å². The molecule has 0 radical (unpaired) electrons. The zero-order chi connectivity index (χ0) is 12.0. The molecule has 0 aliphatic carbocycles. The highest BCUT2D eigenvalue weighted by molar-refractivity contribution is 7.91. The lowest BCUT2D eigenvalue weighted by Gasteiger charge is -2.08. The molecule has 0 aromatic rings. The maximum absolute atomic E-state index is 11.5. The second-order valence-electron chi connectivity index (χ2n) is 4.18. The molecule has 1 aliphatic rings. The maximum Gasteiger partial charge on any atom is 0.224 e. The highest BCUT2D eigenvalue weighted by Crippen LogP contribution is 2.18. The van der Waals surface area contributed by atoms with E-state index in [0.29, 0.717) is 13.0 Å². The first-order chi connectivity index (χ1) is 7.55. The molecule has 0 bridgehead atoms. The van der Waals surface area contributed by atoms with Crippen LogP contribution in [-0.4, -0.2) is 44.1 Å². The number of hydrogen-bond acceptors (Lipinski definition) is 4. The second kappa shape index (κ2) is 6.20. The Bertz CT molecular complexity index is 326. The highest BCUT2D eigenvalue weighted by atomic mass is 32.2. The summed E-state index contributed by atoms with van der Waals surface area (Å²) < 4.78 is 22.3. The van der Waals surface area contributed by atoms with E-state index in [1.165, 1.54) is 0 Å². The summed E-state index contributed by atoms with van der Waals surface area (Å²) in [7, 11) is -2.97. The Hall–Kier alpha value is -0.620. The number of unbranched alkanes of at least 4 members (excludes halogenated alkanes) is 2. The molecular formula is C10H19NO4S. The van der Waals surface area contributed by atoms with Gasteiger partial charge in [0.25, 0.3) is 0 Å². The average Bonchev–Trinajstić information content (AvgIpc) is 2.58. The van der Waals surface area contributed by atoms with Crippen molar-refractivity contribution in [1.29, 1.82) is 0 Å². The molecule has 1 amide bonds. The zero-order valence-electron chi connectivity index (χ0n) is 9.31. The lowest BCUT2D eigenvalue weighted by Crippen LogP contribution is -2.32. The summed E-state index contributed by atoms with van der Waals surface area (Å²) in [6, 6.07) is 0. The predicted octanol–water partition coefficient (Wildman–Crippen LogP) is -0.300. The van der Waals surface area contributed by atoms with Crippen LogP contribution >= 0.6 is 0 Å². The molecule has 5 nitrogen and oxygen atoms in total. The minimum Gasteiger partial charge on any atom is -0.396 e. The molecule has 2 N–H and O–H groups in total. The number of hydrogen-bond donors (Lipinski definition) is 2. The molecule has 94 valence electrons. The number of amides is 1. The largest absolute Gasteiger partial charge is 0.396 e. The molecule has 1 rings (SSSR count). The van der Waals surface area contributed by atoms with Gasteiger partial charge in [0.2, 0.25) is 5.91 Å². The standard InChI is InChI=1S/C10H19NO4S/c12-6-3-1-2-5-11-10(13)9-4-7-16(14,15)8-9/h9,12H,1-8H2,(H,11,13). The number of aliphatic hydroxyl groups is 1. The third-order valence-electron chi connectivity index (χ3n) is 2.74. The van der Waals surface area contributed by atoms with Crippen LogP contribution in [0.4, 0.5) is 0 Å². The van der Waals surface area contributed by atoms with Gasteiger partial charge in [-0.15, -0.1) is 0 Å². The zero-order valence-corrected chi connectivity index (χ0v) is 10.1. The Labute approximate surface area is 96.1 Å². The molecule has 0 spiro atoms. The fourth-order valence-electron chi connectivity index (χ4n) is 1.77. The van der Waals surface area contributed by atoms with Gasteiger partial charge in [-0.1, -0.05) is 0 Å². The minimum absolute atomic E-state index is 0.00449. The van der Waals surface area contributed by atoms with E-state index in [2.05, 4.69) is 5.32 Å². The van der Waals surface area contributed by atoms with E-state index in [1.807, 2.05) is 0 Å². The Balaban J connectivity index is 2.16. The molecule has 6 heteroatoms. The third-order valence-corrected chi connectivity index (χ3v) is 4.51. The smallest absolute Gasteiger partial charge is 0.224 e. The number of carbonyl (C=O) groups excluding carboxylic acids is 1. The molecule has 1 heterocycles. The molecule has 16 heavy (non-hydrogen) atoms. The summed E-state index contributed by atoms with van der Waals surface area (Å²) in [5.74, 6) is -0.377. The molecule has 1 unspecified atom stereocenters. The van der Waals surface area contributed by atoms with Crippen molar-refractivity contribution in [3.63, 3.8) is 0 Å². The number of carbonyl (C=O) groups is 1. The number of rotatable bonds is 6. The van der Waals surface area contributed by atoms with Gasteiger partial charge in [-0.2, -0.15) is 0 Å². The fraction of sp³-hybridized carbons (Fsp3) is 0.900. The van der Waals surface area contributed by atoms with Crippen LogP contribution in [-0.2, 0) is 14.6 Å². The molecule has 0 aromatic heterocycles. The van der Waals surface area contributed by atoms with Crippen LogP contribution in [0.15, 0.2) is 0 Å². The lowest BCUT2D eigenvalue weighted by molar-refractivity contribution is -0.124. The normalized spacial score (nSPS) is 23.2. The van der Waals surface area contributed by atoms with Crippen molar-refractivity contribution in [3.8, 4) is 0 Å². The average molecular weight is 249 g/mol. The van der Waals surface area contributed by atoms with Crippen LogP contribution in [0.25, 0.3) is 0 Å². The predicted molar refractivity (Wildman–Crippen MR) is 60.7 cm³/mol. The van der Waals surface area contributed by atoms with Crippen LogP contribution in [0.3, 0.4) is 0 Å². The molecule has 1 fully saturated rings. The van der Waals surface area contributed by atoms with Crippen LogP contribution in [0, 0.1) is 5.92 Å². The monoisotopic (exact) mass is 249 g/mol. The Morgan fingerprint density at radius 3 is 2.62 bits per heavy atom. The van der Waals surface area contributed by atoms with Crippen molar-refractivity contribution >= 4 is 15.7 Å². The van der Waals surface area contributed by atoms with Gasteiger partial charge in [-0.25, -0.2) is 8.42 Å². The van der Waals surface area contributed by atoms with Gasteiger partial charge < -0.3 is 10.4 Å². The maximum atomic E-state index is 11.5. The minimum atomic E-state index is -2.97. The van der Waals surface area contributed by atoms with E-state index in [0.717, 1.165) is 19.3 Å². The van der Waals surface area contributed by atoms with E-state index in [-0.39, 0.29) is 29.9 Å². The van der Waals surface area contributed by atoms with E-state index < -0.39 is 9.84 Å². The summed E-state index contributed by atoms with van der Waals surface area (Å²) in [6.07, 6.45) is 2.89. The Morgan fingerprint density at radius 2 is 2.06 bits per heavy atom. The van der Waals surface area contributed by atoms with Gasteiger partial charge in [0, 0.05) is 13.2 Å². The van der Waals surface area contributed by atoms with Crippen molar-refractivity contribution < 1.29 is 18.3 Å². The molecule has 0 saturated carbocycles. The van der Waals surface area contributed by atoms with Gasteiger partial charge in [0.1, 0.15) is 0 Å². The van der Waals surface area contributed by atoms with E-state index >= 15 is 0 Å². The van der Waals surface area contributed by atoms with E-state index in [1.54, 1.807) is 0 Å². The summed E-state index contributed by atoms with van der Waals surface area (Å²) in [4.78, 5) is 11.5. The topological polar surface area (TPSA) is 83.5 Å². The summed E-state index contributed by atoms with van der Waals surface area (Å²) >= 11 is 0. The van der Waals surface area contributed by atoms with Crippen LogP contribution in [0.2, 0.25) is 0 Å². The van der Waals surface area contributed by atoms with E-state index in [9.17, 15) is 13.2 Å². The SMILES string of the molecule is O=C(NCCCCCO)C1CCS(=O)(=O)C1. The summed E-state index contributed by atoms with van der Waals surface area (Å²) in [5, 5.41) is 11.3. The summed E-state index contributed by atoms with van der Waals surface area (Å²) in [5.41, 5.74) is 0. The Kier molecular flexibility index (Phi) is 5.21. The first-order valence-electron chi connectivity index (χ1n) is 5.64. The third kappa shape index (κ3) is 4.49. The summed E-state index contributed by atoms with van der Waals surface area (Å²) in [6.45, 7) is 0.740. The van der Waals surface area contributed by atoms with Gasteiger partial charge >= 0.3 is 0 Å². The molecule has 1 atom stereocenters. The van der Waals surface area contributed by atoms with Crippen LogP contribution in [0.1, 0.15) is 25.7 Å². The van der Waals surface area contributed by atoms with Gasteiger partial charge in [-0.3, -0.25) is 4.79 Å². The van der Waals surface area contributed by atoms with Crippen LogP contribution < -0.4 is 5.32 Å². The Morgan fingerprint density at radius 1 is 1.31 bits per heavy atom. The van der Waals surface area contributed by atoms with Gasteiger partial charge in [0.15, 0.2) is 9.84 Å². The van der Waals surface area contributed by atoms with Crippen molar-refractivity contribution in [2.24, 2.45) is 5.92 Å². The molecule has 1 saturated heterocycles. The highest BCUT2D eigenvalue weighted by Gasteiger charge is 2.32. The molecule has 0 aromatic carbocycles. The molecular weight excluding hydrogens is 230 g/mol. The first kappa shape index (κ1) is 13.4. The number of sulfone groups is 1. The molecule has 1 aliphatic heterocycles. The van der Waals surface area contributed by atoms with Crippen molar-refractivity contribution in [2.75, 3.05) is 24.7 Å². The number of aliphatic hydroxyl groups excluding tert-OH is 1. The van der Waals surface area contributed by atoms with Crippen molar-refractivity contribution in [1.82, 2.24) is 5.32 Å². The van der Waals surface area contributed by atoms with Crippen LogP contribution in [0.5, 0.6) is 0 Å². The van der Waals surface area contributed by atoms with Crippen molar-refractivity contribution in [3.05, 3.63) is 0 Å². The van der Waals surface area contributed by atoms with Gasteiger partial charge in [0.05, 0.1) is 17.4 Å². The second-order valence-corrected chi connectivity index (χ2v) is 6.40.